The van der Waals surface area contributed by atoms with E-state index in [2.05, 4.69) is 27.6 Å². The van der Waals surface area contributed by atoms with Gasteiger partial charge in [-0.15, -0.1) is 0 Å². The van der Waals surface area contributed by atoms with Crippen molar-refractivity contribution in [2.45, 2.75) is 31.6 Å². The first kappa shape index (κ1) is 21.8. The predicted molar refractivity (Wildman–Crippen MR) is 115 cm³/mol. The number of likely N-dealkylation sites (tertiary alicyclic amines) is 1. The number of carbonyl (C=O) groups is 1. The molecular weight excluding hydrogens is 418 g/mol. The van der Waals surface area contributed by atoms with Gasteiger partial charge in [-0.05, 0) is 24.8 Å². The van der Waals surface area contributed by atoms with Gasteiger partial charge in [0, 0.05) is 51.0 Å². The van der Waals surface area contributed by atoms with Crippen molar-refractivity contribution in [1.29, 1.82) is 0 Å². The quantitative estimate of drug-likeness (QED) is 0.691. The van der Waals surface area contributed by atoms with E-state index in [4.69, 9.17) is 4.52 Å². The van der Waals surface area contributed by atoms with Crippen molar-refractivity contribution in [2.24, 2.45) is 5.92 Å². The van der Waals surface area contributed by atoms with E-state index in [9.17, 15) is 13.2 Å². The molecule has 10 heteroatoms. The Kier molecular flexibility index (Phi) is 6.57. The lowest BCUT2D eigenvalue weighted by molar-refractivity contribution is 0.115. The lowest BCUT2D eigenvalue weighted by Gasteiger charge is -2.38. The van der Waals surface area contributed by atoms with Crippen LogP contribution in [0.1, 0.15) is 36.0 Å². The first-order chi connectivity index (χ1) is 14.9. The summed E-state index contributed by atoms with van der Waals surface area (Å²) in [6, 6.07) is 10.1. The summed E-state index contributed by atoms with van der Waals surface area (Å²) in [5, 5.41) is 7.08. The van der Waals surface area contributed by atoms with Gasteiger partial charge < -0.3 is 14.7 Å². The first-order valence-corrected chi connectivity index (χ1v) is 12.6. The van der Waals surface area contributed by atoms with Crippen LogP contribution < -0.4 is 5.32 Å². The molecule has 2 aliphatic heterocycles. The number of urea groups is 1. The van der Waals surface area contributed by atoms with Crippen LogP contribution in [0, 0.1) is 5.92 Å². The van der Waals surface area contributed by atoms with E-state index in [-0.39, 0.29) is 11.9 Å². The molecule has 0 saturated carbocycles. The molecule has 9 nitrogen and oxygen atoms in total. The van der Waals surface area contributed by atoms with Crippen LogP contribution in [0.2, 0.25) is 0 Å². The van der Waals surface area contributed by atoms with Gasteiger partial charge in [-0.3, -0.25) is 0 Å². The van der Waals surface area contributed by atoms with Gasteiger partial charge in [0.2, 0.25) is 15.9 Å². The number of piperidine rings is 1. The second-order valence-electron chi connectivity index (χ2n) is 8.43. The molecule has 168 valence electrons. The third-order valence-electron chi connectivity index (χ3n) is 6.01. The number of rotatable bonds is 7. The molecular formula is C21H29N5O4S. The van der Waals surface area contributed by atoms with E-state index in [1.807, 2.05) is 18.2 Å². The van der Waals surface area contributed by atoms with Crippen LogP contribution in [0.4, 0.5) is 4.79 Å². The van der Waals surface area contributed by atoms with Crippen molar-refractivity contribution in [1.82, 2.24) is 24.7 Å². The van der Waals surface area contributed by atoms with Crippen LogP contribution in [-0.4, -0.2) is 72.8 Å². The molecule has 0 bridgehead atoms. The van der Waals surface area contributed by atoms with Crippen LogP contribution in [0.15, 0.2) is 34.9 Å². The Hall–Kier alpha value is -2.46. The van der Waals surface area contributed by atoms with Gasteiger partial charge >= 0.3 is 6.03 Å². The Bertz CT molecular complexity index is 980. The number of hydrogen-bond donors (Lipinski definition) is 1. The minimum absolute atomic E-state index is 0.0314. The van der Waals surface area contributed by atoms with Crippen LogP contribution in [-0.2, 0) is 22.9 Å². The molecule has 0 atom stereocenters. The number of aromatic nitrogens is 2. The third-order valence-corrected chi connectivity index (χ3v) is 7.32. The maximum absolute atomic E-state index is 12.2. The molecule has 2 fully saturated rings. The zero-order valence-electron chi connectivity index (χ0n) is 17.7. The Morgan fingerprint density at radius 1 is 1.19 bits per heavy atom. The van der Waals surface area contributed by atoms with E-state index in [0.29, 0.717) is 69.6 Å². The smallest absolute Gasteiger partial charge is 0.317 e. The molecule has 2 aromatic rings. The molecule has 1 N–H and O–H groups in total. The summed E-state index contributed by atoms with van der Waals surface area (Å²) < 4.78 is 30.2. The minimum atomic E-state index is -3.14. The first-order valence-electron chi connectivity index (χ1n) is 10.7. The van der Waals surface area contributed by atoms with Crippen molar-refractivity contribution in [2.75, 3.05) is 39.0 Å². The predicted octanol–water partition coefficient (Wildman–Crippen LogP) is 1.64. The Morgan fingerprint density at radius 3 is 2.58 bits per heavy atom. The summed E-state index contributed by atoms with van der Waals surface area (Å²) in [7, 11) is -3.14. The van der Waals surface area contributed by atoms with E-state index < -0.39 is 10.0 Å². The summed E-state index contributed by atoms with van der Waals surface area (Å²) >= 11 is 0. The van der Waals surface area contributed by atoms with E-state index in [0.717, 1.165) is 6.42 Å². The number of benzene rings is 1. The topological polar surface area (TPSA) is 109 Å². The number of carbonyl (C=O) groups excluding carboxylic acids is 1. The molecule has 1 aromatic carbocycles. The normalized spacial score (nSPS) is 18.7. The molecule has 1 aromatic heterocycles. The van der Waals surface area contributed by atoms with E-state index in [1.54, 1.807) is 4.90 Å². The molecule has 0 unspecified atom stereocenters. The second-order valence-corrected chi connectivity index (χ2v) is 10.4. The van der Waals surface area contributed by atoms with Crippen LogP contribution in [0.25, 0.3) is 0 Å². The average molecular weight is 448 g/mol. The highest BCUT2D eigenvalue weighted by molar-refractivity contribution is 7.88. The third kappa shape index (κ3) is 5.62. The average Bonchev–Trinajstić information content (AvgIpc) is 3.19. The molecule has 0 spiro atoms. The van der Waals surface area contributed by atoms with Crippen molar-refractivity contribution >= 4 is 16.1 Å². The highest BCUT2D eigenvalue weighted by Crippen LogP contribution is 2.28. The molecule has 0 aliphatic carbocycles. The Labute approximate surface area is 182 Å². The van der Waals surface area contributed by atoms with Crippen molar-refractivity contribution < 1.29 is 17.7 Å². The minimum Gasteiger partial charge on any atom is -0.339 e. The fourth-order valence-electron chi connectivity index (χ4n) is 4.14. The van der Waals surface area contributed by atoms with E-state index in [1.165, 1.54) is 16.1 Å². The number of hydrogen-bond acceptors (Lipinski definition) is 6. The van der Waals surface area contributed by atoms with Gasteiger partial charge in [-0.2, -0.15) is 4.98 Å². The second kappa shape index (κ2) is 9.35. The van der Waals surface area contributed by atoms with Crippen LogP contribution in [0.5, 0.6) is 0 Å². The summed E-state index contributed by atoms with van der Waals surface area (Å²) in [5.41, 5.74) is 1.21. The van der Waals surface area contributed by atoms with Gasteiger partial charge in [0.25, 0.3) is 0 Å². The highest BCUT2D eigenvalue weighted by Gasteiger charge is 2.33. The maximum atomic E-state index is 12.2. The maximum Gasteiger partial charge on any atom is 0.317 e. The summed E-state index contributed by atoms with van der Waals surface area (Å²) in [4.78, 5) is 18.6. The molecule has 3 heterocycles. The van der Waals surface area contributed by atoms with Crippen LogP contribution in [0.3, 0.4) is 0 Å². The largest absolute Gasteiger partial charge is 0.339 e. The fraction of sp³-hybridized carbons (Fsp3) is 0.571. The number of nitrogens with zero attached hydrogens (tertiary/aromatic N) is 4. The summed E-state index contributed by atoms with van der Waals surface area (Å²) in [6.07, 6.45) is 4.12. The zero-order chi connectivity index (χ0) is 21.8. The van der Waals surface area contributed by atoms with Gasteiger partial charge in [-0.25, -0.2) is 17.5 Å². The Balaban J connectivity index is 1.17. The molecule has 2 aliphatic rings. The monoisotopic (exact) mass is 447 g/mol. The molecule has 0 radical (unpaired) electrons. The SMILES string of the molecule is CS(=O)(=O)N1CCC(c2noc(CC3CN(C(=O)NCCc4ccccc4)C3)n2)CC1. The molecule has 2 amide bonds. The summed E-state index contributed by atoms with van der Waals surface area (Å²) in [6.45, 7) is 2.97. The fourth-order valence-corrected chi connectivity index (χ4v) is 5.02. The number of amides is 2. The molecule has 31 heavy (non-hydrogen) atoms. The Morgan fingerprint density at radius 2 is 1.90 bits per heavy atom. The van der Waals surface area contributed by atoms with Crippen molar-refractivity contribution in [3.8, 4) is 0 Å². The standard InChI is InChI=1S/C21H29N5O4S/c1-31(28,29)26-11-8-18(9-12-26)20-23-19(30-24-20)13-17-14-25(15-17)21(27)22-10-7-16-5-3-2-4-6-16/h2-6,17-18H,7-15H2,1H3,(H,22,27). The van der Waals surface area contributed by atoms with Gasteiger partial charge in [0.15, 0.2) is 5.82 Å². The zero-order valence-corrected chi connectivity index (χ0v) is 18.6. The number of nitrogens with one attached hydrogen (secondary N) is 1. The van der Waals surface area contributed by atoms with E-state index >= 15 is 0 Å². The summed E-state index contributed by atoms with van der Waals surface area (Å²) in [5.74, 6) is 1.71. The van der Waals surface area contributed by atoms with Crippen molar-refractivity contribution in [3.63, 3.8) is 0 Å². The highest BCUT2D eigenvalue weighted by atomic mass is 32.2. The van der Waals surface area contributed by atoms with Crippen molar-refractivity contribution in [3.05, 3.63) is 47.6 Å². The number of sulfonamides is 1. The van der Waals surface area contributed by atoms with Gasteiger partial charge in [-0.1, -0.05) is 35.5 Å². The molecule has 4 rings (SSSR count). The van der Waals surface area contributed by atoms with Gasteiger partial charge in [0.1, 0.15) is 0 Å². The molecule has 2 saturated heterocycles. The lowest BCUT2D eigenvalue weighted by atomic mass is 9.96. The van der Waals surface area contributed by atoms with Crippen LogP contribution >= 0.6 is 0 Å². The lowest BCUT2D eigenvalue weighted by Crippen LogP contribution is -2.54. The van der Waals surface area contributed by atoms with Gasteiger partial charge in [0.05, 0.1) is 6.26 Å².